The zero-order valence-corrected chi connectivity index (χ0v) is 9.31. The zero-order chi connectivity index (χ0) is 12.5. The molecule has 0 aliphatic heterocycles. The fourth-order valence-corrected chi connectivity index (χ4v) is 0.961. The van der Waals surface area contributed by atoms with Gasteiger partial charge in [0.05, 0.1) is 32.7 Å². The van der Waals surface area contributed by atoms with Crippen molar-refractivity contribution in [3.05, 3.63) is 42.5 Å². The van der Waals surface area contributed by atoms with Crippen LogP contribution < -0.4 is 5.11 Å². The molecule has 1 aromatic carbocycles. The van der Waals surface area contributed by atoms with E-state index < -0.39 is 37.6 Å². The van der Waals surface area contributed by atoms with Gasteiger partial charge in [-0.3, -0.25) is 30.3 Å². The van der Waals surface area contributed by atoms with Crippen LogP contribution in [0.5, 0.6) is 5.75 Å². The Hall–Kier alpha value is -2.30. The maximum Gasteiger partial charge on any atom is 0.283 e. The summed E-state index contributed by atoms with van der Waals surface area (Å²) in [7, 11) is 0. The van der Waals surface area contributed by atoms with Crippen LogP contribution in [-0.4, -0.2) is 20.2 Å². The standard InChI is InChI=1S/C6H3N3O7.Fe.H2O/c10-6-4(8(13)14)1-3(7(11)12)2-5(6)9(15)16;;/h1-2,10H;;1H2/p-1. The summed E-state index contributed by atoms with van der Waals surface area (Å²) < 4.78 is 0. The van der Waals surface area contributed by atoms with Gasteiger partial charge in [-0.25, -0.2) is 0 Å². The van der Waals surface area contributed by atoms with Gasteiger partial charge in [-0.1, -0.05) is 0 Å². The van der Waals surface area contributed by atoms with Crippen molar-refractivity contribution in [2.45, 2.75) is 0 Å². The van der Waals surface area contributed by atoms with Crippen molar-refractivity contribution < 1.29 is 42.4 Å². The van der Waals surface area contributed by atoms with Crippen LogP contribution in [-0.2, 0) is 17.1 Å². The maximum atomic E-state index is 11.1. The number of non-ortho nitro benzene ring substituents is 1. The van der Waals surface area contributed by atoms with E-state index in [1.165, 1.54) is 0 Å². The molecule has 2 N–H and O–H groups in total. The number of hydrogen-bond donors (Lipinski definition) is 0. The third-order valence-electron chi connectivity index (χ3n) is 1.64. The van der Waals surface area contributed by atoms with Crippen LogP contribution in [0.2, 0.25) is 0 Å². The summed E-state index contributed by atoms with van der Waals surface area (Å²) in [5.41, 5.74) is -3.26. The van der Waals surface area contributed by atoms with Gasteiger partial charge >= 0.3 is 0 Å². The number of hydrogen-bond acceptors (Lipinski definition) is 7. The van der Waals surface area contributed by atoms with E-state index >= 15 is 0 Å². The van der Waals surface area contributed by atoms with Crippen LogP contribution in [0.1, 0.15) is 0 Å². The predicted octanol–water partition coefficient (Wildman–Crippen LogP) is -0.342. The Balaban J connectivity index is 0. The molecule has 0 amide bonds. The van der Waals surface area contributed by atoms with Gasteiger partial charge in [0.15, 0.2) is 0 Å². The monoisotopic (exact) mass is 302 g/mol. The fourth-order valence-electron chi connectivity index (χ4n) is 0.961. The zero-order valence-electron chi connectivity index (χ0n) is 8.21. The molecule has 0 saturated heterocycles. The summed E-state index contributed by atoms with van der Waals surface area (Å²) in [6, 6.07) is 0.769. The molecule has 0 unspecified atom stereocenters. The second-order valence-corrected chi connectivity index (χ2v) is 2.58. The molecule has 0 aliphatic rings. The third-order valence-corrected chi connectivity index (χ3v) is 1.64. The molecule has 0 radical (unpaired) electrons. The molecule has 0 heterocycles. The van der Waals surface area contributed by atoms with Crippen molar-refractivity contribution in [1.29, 1.82) is 0 Å². The topological polar surface area (TPSA) is 184 Å². The van der Waals surface area contributed by atoms with Crippen molar-refractivity contribution in [1.82, 2.24) is 0 Å². The van der Waals surface area contributed by atoms with E-state index in [0.29, 0.717) is 12.1 Å². The summed E-state index contributed by atoms with van der Waals surface area (Å²) in [5, 5.41) is 42.1. The Morgan fingerprint density at radius 3 is 1.39 bits per heavy atom. The van der Waals surface area contributed by atoms with Crippen LogP contribution in [0.25, 0.3) is 0 Å². The van der Waals surface area contributed by atoms with Crippen LogP contribution in [0, 0.1) is 30.3 Å². The first-order chi connectivity index (χ1) is 7.34. The second kappa shape index (κ2) is 6.44. The maximum absolute atomic E-state index is 11.1. The minimum Gasteiger partial charge on any atom is -0.863 e. The molecule has 12 heteroatoms. The van der Waals surface area contributed by atoms with Gasteiger partial charge in [-0.05, 0) is 0 Å². The fraction of sp³-hybridized carbons (Fsp3) is 0. The Labute approximate surface area is 108 Å². The third kappa shape index (κ3) is 3.35. The molecule has 0 spiro atoms. The smallest absolute Gasteiger partial charge is 0.283 e. The molecule has 0 aromatic heterocycles. The number of rotatable bonds is 3. The first-order valence-corrected chi connectivity index (χ1v) is 3.63. The molecule has 0 atom stereocenters. The Morgan fingerprint density at radius 1 is 0.833 bits per heavy atom. The van der Waals surface area contributed by atoms with Crippen molar-refractivity contribution in [3.63, 3.8) is 0 Å². The summed E-state index contributed by atoms with van der Waals surface area (Å²) in [6.45, 7) is 0. The van der Waals surface area contributed by atoms with Crippen LogP contribution in [0.4, 0.5) is 17.1 Å². The van der Waals surface area contributed by atoms with E-state index in [1.807, 2.05) is 0 Å². The molecule has 0 fully saturated rings. The molecule has 0 saturated carbocycles. The minimum absolute atomic E-state index is 0. The molecule has 11 nitrogen and oxygen atoms in total. The molecule has 1 rings (SSSR count). The number of nitro groups is 3. The van der Waals surface area contributed by atoms with E-state index in [0.717, 1.165) is 0 Å². The van der Waals surface area contributed by atoms with Crippen LogP contribution in [0.15, 0.2) is 12.1 Å². The van der Waals surface area contributed by atoms with Crippen molar-refractivity contribution in [2.24, 2.45) is 0 Å². The summed E-state index contributed by atoms with van der Waals surface area (Å²) in [4.78, 5) is 27.5. The summed E-state index contributed by atoms with van der Waals surface area (Å²) >= 11 is 0. The quantitative estimate of drug-likeness (QED) is 0.415. The molecule has 100 valence electrons. The molecule has 1 aromatic rings. The molecule has 0 aliphatic carbocycles. The average Bonchev–Trinajstić information content (AvgIpc) is 2.16. The van der Waals surface area contributed by atoms with Gasteiger partial charge in [0.1, 0.15) is 0 Å². The van der Waals surface area contributed by atoms with E-state index in [2.05, 4.69) is 0 Å². The Morgan fingerprint density at radius 2 is 1.17 bits per heavy atom. The number of nitro benzene ring substituents is 3. The van der Waals surface area contributed by atoms with Gasteiger partial charge < -0.3 is 10.6 Å². The summed E-state index contributed by atoms with van der Waals surface area (Å²) in [5.74, 6) is -1.46. The molecular formula is C6H4FeN3O8-. The van der Waals surface area contributed by atoms with Crippen LogP contribution >= 0.6 is 0 Å². The first-order valence-electron chi connectivity index (χ1n) is 3.63. The van der Waals surface area contributed by atoms with E-state index in [9.17, 15) is 35.4 Å². The SMILES string of the molecule is O.O=[N+]([O-])c1cc([N+](=O)[O-])c([O-])c([N+](=O)[O-])c1.[Fe]. The largest absolute Gasteiger partial charge is 0.863 e. The van der Waals surface area contributed by atoms with Gasteiger partial charge in [-0.2, -0.15) is 0 Å². The Bertz CT molecular complexity index is 469. The molecular weight excluding hydrogens is 298 g/mol. The van der Waals surface area contributed by atoms with Crippen molar-refractivity contribution in [3.8, 4) is 5.75 Å². The molecule has 0 bridgehead atoms. The number of benzene rings is 1. The predicted molar refractivity (Wildman–Crippen MR) is 49.5 cm³/mol. The van der Waals surface area contributed by atoms with E-state index in [-0.39, 0.29) is 22.5 Å². The van der Waals surface area contributed by atoms with Gasteiger partial charge in [0.2, 0.25) is 0 Å². The van der Waals surface area contributed by atoms with E-state index in [1.54, 1.807) is 0 Å². The van der Waals surface area contributed by atoms with E-state index in [4.69, 9.17) is 0 Å². The summed E-state index contributed by atoms with van der Waals surface area (Å²) in [6.07, 6.45) is 0. The number of nitrogens with zero attached hydrogens (tertiary/aromatic N) is 3. The van der Waals surface area contributed by atoms with Crippen LogP contribution in [0.3, 0.4) is 0 Å². The normalized spacial score (nSPS) is 8.67. The minimum atomic E-state index is -1.46. The van der Waals surface area contributed by atoms with Gasteiger partial charge in [0.25, 0.3) is 17.1 Å². The van der Waals surface area contributed by atoms with Gasteiger partial charge in [0, 0.05) is 17.1 Å². The average molecular weight is 302 g/mol. The second-order valence-electron chi connectivity index (χ2n) is 2.58. The first kappa shape index (κ1) is 18.1. The van der Waals surface area contributed by atoms with Crippen molar-refractivity contribution >= 4 is 17.1 Å². The Kier molecular flexibility index (Phi) is 6.47. The molecule has 18 heavy (non-hydrogen) atoms. The van der Waals surface area contributed by atoms with Gasteiger partial charge in [-0.15, -0.1) is 0 Å². The van der Waals surface area contributed by atoms with Crippen molar-refractivity contribution in [2.75, 3.05) is 0 Å².